The molecule has 0 bridgehead atoms. The van der Waals surface area contributed by atoms with Gasteiger partial charge in [-0.2, -0.15) is 5.10 Å². The first-order valence-corrected chi connectivity index (χ1v) is 7.01. The van der Waals surface area contributed by atoms with Crippen LogP contribution in [0.15, 0.2) is 22.6 Å². The summed E-state index contributed by atoms with van der Waals surface area (Å²) in [6, 6.07) is 5.64. The minimum absolute atomic E-state index is 0.0185. The molecular weight excluding hydrogens is 254 g/mol. The van der Waals surface area contributed by atoms with E-state index in [-0.39, 0.29) is 5.91 Å². The van der Waals surface area contributed by atoms with E-state index in [1.165, 1.54) is 0 Å². The van der Waals surface area contributed by atoms with Gasteiger partial charge in [0.25, 0.3) is 5.91 Å². The number of rotatable bonds is 2. The van der Waals surface area contributed by atoms with Gasteiger partial charge in [-0.25, -0.2) is 0 Å². The molecule has 5 nitrogen and oxygen atoms in total. The van der Waals surface area contributed by atoms with Crippen molar-refractivity contribution < 1.29 is 9.21 Å². The maximum atomic E-state index is 12.4. The van der Waals surface area contributed by atoms with Gasteiger partial charge in [-0.05, 0) is 44.9 Å². The van der Waals surface area contributed by atoms with Gasteiger partial charge in [-0.3, -0.25) is 9.89 Å². The zero-order chi connectivity index (χ0) is 14.1. The van der Waals surface area contributed by atoms with Crippen LogP contribution in [0.4, 0.5) is 0 Å². The van der Waals surface area contributed by atoms with Crippen LogP contribution < -0.4 is 0 Å². The first-order valence-electron chi connectivity index (χ1n) is 7.01. The first-order chi connectivity index (χ1) is 9.63. The maximum Gasteiger partial charge on any atom is 0.289 e. The summed E-state index contributed by atoms with van der Waals surface area (Å²) in [5.74, 6) is 1.50. The number of nitrogens with zero attached hydrogens (tertiary/aromatic N) is 2. The lowest BCUT2D eigenvalue weighted by atomic mass is 9.94. The van der Waals surface area contributed by atoms with Crippen molar-refractivity contribution in [1.82, 2.24) is 15.1 Å². The van der Waals surface area contributed by atoms with Gasteiger partial charge in [0.2, 0.25) is 0 Å². The monoisotopic (exact) mass is 273 g/mol. The van der Waals surface area contributed by atoms with Crippen molar-refractivity contribution in [1.29, 1.82) is 0 Å². The molecule has 0 spiro atoms. The summed E-state index contributed by atoms with van der Waals surface area (Å²) in [7, 11) is 0. The molecule has 3 rings (SSSR count). The highest BCUT2D eigenvalue weighted by atomic mass is 16.3. The minimum atomic E-state index is -0.0185. The predicted octanol–water partition coefficient (Wildman–Crippen LogP) is 2.64. The van der Waals surface area contributed by atoms with Crippen LogP contribution in [0.25, 0.3) is 0 Å². The molecule has 20 heavy (non-hydrogen) atoms. The largest absolute Gasteiger partial charge is 0.456 e. The van der Waals surface area contributed by atoms with Crippen LogP contribution in [0.2, 0.25) is 0 Å². The summed E-state index contributed by atoms with van der Waals surface area (Å²) in [5.41, 5.74) is 2.11. The molecule has 0 radical (unpaired) electrons. The molecule has 0 saturated carbocycles. The number of H-pyrrole nitrogens is 1. The van der Waals surface area contributed by atoms with Gasteiger partial charge in [-0.1, -0.05) is 0 Å². The van der Waals surface area contributed by atoms with Crippen LogP contribution in [0, 0.1) is 13.8 Å². The molecule has 1 saturated heterocycles. The SMILES string of the molecule is Cc1cc([C@H]2CCCN(C(=O)c3ccc(C)o3)C2)n[nH]1. The molecule has 3 heterocycles. The summed E-state index contributed by atoms with van der Waals surface area (Å²) in [5, 5.41) is 7.30. The van der Waals surface area contributed by atoms with E-state index >= 15 is 0 Å². The fraction of sp³-hybridized carbons (Fsp3) is 0.467. The lowest BCUT2D eigenvalue weighted by Gasteiger charge is -2.31. The number of carbonyl (C=O) groups excluding carboxylic acids is 1. The average Bonchev–Trinajstić information content (AvgIpc) is 3.07. The van der Waals surface area contributed by atoms with E-state index in [4.69, 9.17) is 4.42 Å². The van der Waals surface area contributed by atoms with Crippen molar-refractivity contribution in [3.05, 3.63) is 41.1 Å². The number of likely N-dealkylation sites (tertiary alicyclic amines) is 1. The molecule has 2 aromatic rings. The molecule has 106 valence electrons. The van der Waals surface area contributed by atoms with E-state index in [9.17, 15) is 4.79 Å². The van der Waals surface area contributed by atoms with Crippen molar-refractivity contribution in [2.24, 2.45) is 0 Å². The van der Waals surface area contributed by atoms with Gasteiger partial charge in [0, 0.05) is 24.7 Å². The fourth-order valence-electron chi connectivity index (χ4n) is 2.76. The van der Waals surface area contributed by atoms with Crippen molar-refractivity contribution in [3.8, 4) is 0 Å². The Morgan fingerprint density at radius 1 is 1.45 bits per heavy atom. The fourth-order valence-corrected chi connectivity index (χ4v) is 2.76. The smallest absolute Gasteiger partial charge is 0.289 e. The standard InChI is InChI=1S/C15H19N3O2/c1-10-8-13(17-16-10)12-4-3-7-18(9-12)15(19)14-6-5-11(2)20-14/h5-6,8,12H,3-4,7,9H2,1-2H3,(H,16,17)/t12-/m0/s1. The van der Waals surface area contributed by atoms with E-state index in [1.54, 1.807) is 6.07 Å². The highest BCUT2D eigenvalue weighted by molar-refractivity contribution is 5.91. The number of aromatic amines is 1. The highest BCUT2D eigenvalue weighted by Gasteiger charge is 2.28. The molecule has 1 aliphatic rings. The molecule has 0 aliphatic carbocycles. The zero-order valence-electron chi connectivity index (χ0n) is 11.8. The number of furan rings is 1. The first kappa shape index (κ1) is 13.0. The Hall–Kier alpha value is -2.04. The third kappa shape index (κ3) is 2.48. The molecule has 1 aliphatic heterocycles. The molecule has 1 amide bonds. The predicted molar refractivity (Wildman–Crippen MR) is 74.6 cm³/mol. The number of carbonyl (C=O) groups is 1. The topological polar surface area (TPSA) is 62.1 Å². The number of hydrogen-bond acceptors (Lipinski definition) is 3. The maximum absolute atomic E-state index is 12.4. The molecule has 1 fully saturated rings. The lowest BCUT2D eigenvalue weighted by molar-refractivity contribution is 0.0672. The quantitative estimate of drug-likeness (QED) is 0.915. The molecule has 2 aromatic heterocycles. The Labute approximate surface area is 118 Å². The van der Waals surface area contributed by atoms with Crippen LogP contribution in [0.5, 0.6) is 0 Å². The average molecular weight is 273 g/mol. The van der Waals surface area contributed by atoms with Crippen LogP contribution >= 0.6 is 0 Å². The molecule has 1 N–H and O–H groups in total. The van der Waals surface area contributed by atoms with Crippen molar-refractivity contribution >= 4 is 5.91 Å². The third-order valence-electron chi connectivity index (χ3n) is 3.80. The number of aromatic nitrogens is 2. The van der Waals surface area contributed by atoms with Crippen LogP contribution in [-0.4, -0.2) is 34.1 Å². The second kappa shape index (κ2) is 5.15. The Morgan fingerprint density at radius 2 is 2.30 bits per heavy atom. The van der Waals surface area contributed by atoms with Gasteiger partial charge < -0.3 is 9.32 Å². The van der Waals surface area contributed by atoms with Crippen molar-refractivity contribution in [2.45, 2.75) is 32.6 Å². The van der Waals surface area contributed by atoms with Gasteiger partial charge >= 0.3 is 0 Å². The second-order valence-corrected chi connectivity index (χ2v) is 5.48. The number of piperidine rings is 1. The summed E-state index contributed by atoms with van der Waals surface area (Å²) in [6.07, 6.45) is 2.08. The Morgan fingerprint density at radius 3 is 2.95 bits per heavy atom. The lowest BCUT2D eigenvalue weighted by Crippen LogP contribution is -2.39. The van der Waals surface area contributed by atoms with E-state index in [1.807, 2.05) is 24.8 Å². The van der Waals surface area contributed by atoms with Crippen molar-refractivity contribution in [2.75, 3.05) is 13.1 Å². The van der Waals surface area contributed by atoms with Crippen LogP contribution in [0.1, 0.15) is 46.5 Å². The Kier molecular flexibility index (Phi) is 3.34. The van der Waals surface area contributed by atoms with Gasteiger partial charge in [0.05, 0.1) is 5.69 Å². The Balaban J connectivity index is 1.73. The van der Waals surface area contributed by atoms with Crippen LogP contribution in [-0.2, 0) is 0 Å². The summed E-state index contributed by atoms with van der Waals surface area (Å²) in [4.78, 5) is 14.3. The number of nitrogens with one attached hydrogen (secondary N) is 1. The summed E-state index contributed by atoms with van der Waals surface area (Å²) < 4.78 is 5.43. The Bertz CT molecular complexity index is 614. The normalized spacial score (nSPS) is 19.3. The molecule has 0 unspecified atom stereocenters. The second-order valence-electron chi connectivity index (χ2n) is 5.48. The van der Waals surface area contributed by atoms with Crippen LogP contribution in [0.3, 0.4) is 0 Å². The summed E-state index contributed by atoms with van der Waals surface area (Å²) in [6.45, 7) is 5.34. The van der Waals surface area contributed by atoms with Crippen molar-refractivity contribution in [3.63, 3.8) is 0 Å². The third-order valence-corrected chi connectivity index (χ3v) is 3.80. The van der Waals surface area contributed by atoms with Gasteiger partial charge in [-0.15, -0.1) is 0 Å². The molecule has 1 atom stereocenters. The number of aryl methyl sites for hydroxylation is 2. The molecule has 0 aromatic carbocycles. The molecule has 5 heteroatoms. The highest BCUT2D eigenvalue weighted by Crippen LogP contribution is 2.27. The minimum Gasteiger partial charge on any atom is -0.456 e. The van der Waals surface area contributed by atoms with E-state index in [2.05, 4.69) is 16.3 Å². The van der Waals surface area contributed by atoms with E-state index in [0.717, 1.165) is 36.5 Å². The number of amides is 1. The van der Waals surface area contributed by atoms with E-state index < -0.39 is 0 Å². The summed E-state index contributed by atoms with van der Waals surface area (Å²) >= 11 is 0. The zero-order valence-corrected chi connectivity index (χ0v) is 11.8. The number of hydrogen-bond donors (Lipinski definition) is 1. The molecular formula is C15H19N3O2. The van der Waals surface area contributed by atoms with Gasteiger partial charge in [0.15, 0.2) is 5.76 Å². The van der Waals surface area contributed by atoms with Gasteiger partial charge in [0.1, 0.15) is 5.76 Å². The van der Waals surface area contributed by atoms with E-state index in [0.29, 0.717) is 18.2 Å².